The minimum atomic E-state index is -4.62. The molecule has 0 fully saturated rings. The van der Waals surface area contributed by atoms with E-state index < -0.39 is 26.5 Å². The van der Waals surface area contributed by atoms with Crippen molar-refractivity contribution in [3.05, 3.63) is 12.2 Å². The van der Waals surface area contributed by atoms with E-state index in [-0.39, 0.29) is 32.0 Å². The van der Waals surface area contributed by atoms with Crippen LogP contribution in [-0.2, 0) is 32.7 Å². The third-order valence-corrected chi connectivity index (χ3v) is 11.0. The van der Waals surface area contributed by atoms with Crippen LogP contribution in [-0.4, -0.2) is 70.0 Å². The third-order valence-electron chi connectivity index (χ3n) is 10.0. The van der Waals surface area contributed by atoms with Gasteiger partial charge in [0.1, 0.15) is 19.8 Å². The van der Waals surface area contributed by atoms with E-state index >= 15 is 0 Å². The van der Waals surface area contributed by atoms with Crippen molar-refractivity contribution in [1.82, 2.24) is 0 Å². The number of ether oxygens (including phenoxy) is 2. The normalized spacial score (nSPS) is 13.6. The van der Waals surface area contributed by atoms with Gasteiger partial charge in [-0.3, -0.25) is 14.2 Å². The molecule has 0 rings (SSSR count). The summed E-state index contributed by atoms with van der Waals surface area (Å²) in [5.74, 6) is -0.829. The van der Waals surface area contributed by atoms with Gasteiger partial charge >= 0.3 is 11.9 Å². The molecule has 0 heterocycles. The summed E-state index contributed by atoms with van der Waals surface area (Å²) in [7, 11) is 1.17. The lowest BCUT2D eigenvalue weighted by atomic mass is 10.0. The number of carbonyl (C=O) groups excluding carboxylic acids is 2. The molecule has 2 atom stereocenters. The van der Waals surface area contributed by atoms with E-state index in [0.29, 0.717) is 17.4 Å². The smallest absolute Gasteiger partial charge is 0.306 e. The fraction of sp³-hybridized carbons (Fsp3) is 0.911. The Labute approximate surface area is 339 Å². The Morgan fingerprint density at radius 3 is 1.35 bits per heavy atom. The van der Waals surface area contributed by atoms with Gasteiger partial charge < -0.3 is 27.9 Å². The van der Waals surface area contributed by atoms with Gasteiger partial charge in [0.25, 0.3) is 7.82 Å². The number of phosphoric acid groups is 1. The average Bonchev–Trinajstić information content (AvgIpc) is 3.13. The Hall–Kier alpha value is -1.25. The van der Waals surface area contributed by atoms with Gasteiger partial charge in [-0.15, -0.1) is 0 Å². The number of likely N-dealkylation sites (N-methyl/N-ethyl adjacent to an activating group) is 1. The zero-order valence-corrected chi connectivity index (χ0v) is 37.5. The number of hydrogen-bond donors (Lipinski definition) is 0. The van der Waals surface area contributed by atoms with Crippen LogP contribution >= 0.6 is 7.82 Å². The van der Waals surface area contributed by atoms with Crippen molar-refractivity contribution >= 4 is 19.8 Å². The molecule has 0 aromatic rings. The molecule has 0 aliphatic rings. The molecule has 55 heavy (non-hydrogen) atoms. The summed E-state index contributed by atoms with van der Waals surface area (Å²) in [6.45, 7) is 4.24. The van der Waals surface area contributed by atoms with Gasteiger partial charge in [0.2, 0.25) is 0 Å². The predicted octanol–water partition coefficient (Wildman–Crippen LogP) is 12.3. The third kappa shape index (κ3) is 42.2. The maximum Gasteiger partial charge on any atom is 0.306 e. The molecular weight excluding hydrogens is 713 g/mol. The highest BCUT2D eigenvalue weighted by molar-refractivity contribution is 7.45. The molecule has 0 amide bonds. The van der Waals surface area contributed by atoms with E-state index in [1.807, 2.05) is 21.1 Å². The standard InChI is InChI=1S/C45H88NO8P/c1-6-8-10-12-14-16-18-20-22-23-24-26-28-30-32-34-36-38-45(48)54-43(42-53-55(49,50)52-40-39-46(3,4)5)41-51-44(47)37-35-33-31-29-27-25-21-19-17-15-13-11-9-7-2/h20,22,43H,6-19,21,23-42H2,1-5H3/b22-20+/t43-/m1/s1. The van der Waals surface area contributed by atoms with Crippen LogP contribution in [0.1, 0.15) is 213 Å². The second-order valence-electron chi connectivity index (χ2n) is 16.8. The highest BCUT2D eigenvalue weighted by Crippen LogP contribution is 2.38. The van der Waals surface area contributed by atoms with E-state index in [1.54, 1.807) is 0 Å². The van der Waals surface area contributed by atoms with Crippen molar-refractivity contribution in [2.45, 2.75) is 219 Å². The van der Waals surface area contributed by atoms with Gasteiger partial charge in [-0.1, -0.05) is 174 Å². The van der Waals surface area contributed by atoms with Gasteiger partial charge in [0.05, 0.1) is 27.7 Å². The lowest BCUT2D eigenvalue weighted by Gasteiger charge is -2.28. The molecule has 0 aromatic heterocycles. The first-order chi connectivity index (χ1) is 26.5. The minimum Gasteiger partial charge on any atom is -0.756 e. The van der Waals surface area contributed by atoms with Crippen molar-refractivity contribution in [3.8, 4) is 0 Å². The predicted molar refractivity (Wildman–Crippen MR) is 227 cm³/mol. The van der Waals surface area contributed by atoms with Crippen LogP contribution < -0.4 is 4.89 Å². The highest BCUT2D eigenvalue weighted by atomic mass is 31.2. The topological polar surface area (TPSA) is 111 Å². The summed E-state index contributed by atoms with van der Waals surface area (Å²) in [4.78, 5) is 37.5. The number of phosphoric ester groups is 1. The zero-order valence-electron chi connectivity index (χ0n) is 36.6. The minimum absolute atomic E-state index is 0.0285. The molecule has 0 bridgehead atoms. The van der Waals surface area contributed by atoms with E-state index in [0.717, 1.165) is 44.9 Å². The number of esters is 2. The van der Waals surface area contributed by atoms with Crippen LogP contribution in [0.4, 0.5) is 0 Å². The Kier molecular flexibility index (Phi) is 37.4. The van der Waals surface area contributed by atoms with E-state index in [9.17, 15) is 19.0 Å². The van der Waals surface area contributed by atoms with Gasteiger partial charge in [-0.2, -0.15) is 0 Å². The molecule has 1 unspecified atom stereocenters. The van der Waals surface area contributed by atoms with Crippen molar-refractivity contribution in [1.29, 1.82) is 0 Å². The van der Waals surface area contributed by atoms with Gasteiger partial charge in [0.15, 0.2) is 6.10 Å². The molecular formula is C45H88NO8P. The molecule has 0 saturated carbocycles. The van der Waals surface area contributed by atoms with Crippen LogP contribution in [0, 0.1) is 0 Å². The summed E-state index contributed by atoms with van der Waals surface area (Å²) >= 11 is 0. The van der Waals surface area contributed by atoms with Gasteiger partial charge in [-0.25, -0.2) is 0 Å². The van der Waals surface area contributed by atoms with Crippen molar-refractivity contribution in [3.63, 3.8) is 0 Å². The van der Waals surface area contributed by atoms with Crippen molar-refractivity contribution in [2.75, 3.05) is 47.5 Å². The van der Waals surface area contributed by atoms with Crippen LogP contribution in [0.2, 0.25) is 0 Å². The van der Waals surface area contributed by atoms with Crippen LogP contribution in [0.5, 0.6) is 0 Å². The Balaban J connectivity index is 4.31. The SMILES string of the molecule is CCCCCCCC/C=C/CCCCCCCCCC(=O)O[C@H](COC(=O)CCCCCCCCCCCCCCCC)COP(=O)([O-])OCC[N+](C)(C)C. The maximum absolute atomic E-state index is 12.7. The molecule has 9 nitrogen and oxygen atoms in total. The maximum atomic E-state index is 12.7. The molecule has 326 valence electrons. The zero-order chi connectivity index (χ0) is 40.7. The fourth-order valence-corrected chi connectivity index (χ4v) is 7.14. The number of hydrogen-bond acceptors (Lipinski definition) is 8. The number of rotatable bonds is 42. The first-order valence-electron chi connectivity index (χ1n) is 22.9. The molecule has 0 spiro atoms. The Bertz CT molecular complexity index is 954. The number of nitrogens with zero attached hydrogens (tertiary/aromatic N) is 1. The number of allylic oxidation sites excluding steroid dienone is 2. The summed E-state index contributed by atoms with van der Waals surface area (Å²) in [5, 5.41) is 0. The molecule has 0 aliphatic carbocycles. The molecule has 0 aromatic carbocycles. The van der Waals surface area contributed by atoms with Gasteiger partial charge in [0, 0.05) is 12.8 Å². The largest absolute Gasteiger partial charge is 0.756 e. The lowest BCUT2D eigenvalue weighted by molar-refractivity contribution is -0.870. The van der Waals surface area contributed by atoms with E-state index in [4.69, 9.17) is 18.5 Å². The van der Waals surface area contributed by atoms with Crippen LogP contribution in [0.15, 0.2) is 12.2 Å². The van der Waals surface area contributed by atoms with Crippen LogP contribution in [0.25, 0.3) is 0 Å². The molecule has 10 heteroatoms. The average molecular weight is 802 g/mol. The summed E-state index contributed by atoms with van der Waals surface area (Å²) in [6, 6.07) is 0. The molecule has 0 N–H and O–H groups in total. The lowest BCUT2D eigenvalue weighted by Crippen LogP contribution is -2.37. The van der Waals surface area contributed by atoms with Crippen LogP contribution in [0.3, 0.4) is 0 Å². The first-order valence-corrected chi connectivity index (χ1v) is 24.4. The summed E-state index contributed by atoms with van der Waals surface area (Å²) in [6.07, 6.45) is 39.4. The van der Waals surface area contributed by atoms with E-state index in [1.165, 1.54) is 135 Å². The highest BCUT2D eigenvalue weighted by Gasteiger charge is 2.21. The molecule has 0 radical (unpaired) electrons. The van der Waals surface area contributed by atoms with Crippen molar-refractivity contribution in [2.24, 2.45) is 0 Å². The van der Waals surface area contributed by atoms with Gasteiger partial charge in [-0.05, 0) is 38.5 Å². The second kappa shape index (κ2) is 38.3. The summed E-state index contributed by atoms with van der Waals surface area (Å²) < 4.78 is 33.9. The summed E-state index contributed by atoms with van der Waals surface area (Å²) in [5.41, 5.74) is 0. The van der Waals surface area contributed by atoms with Crippen molar-refractivity contribution < 1.29 is 42.1 Å². The number of carbonyl (C=O) groups is 2. The fourth-order valence-electron chi connectivity index (χ4n) is 6.41. The number of unbranched alkanes of at least 4 members (excludes halogenated alkanes) is 26. The van der Waals surface area contributed by atoms with E-state index in [2.05, 4.69) is 26.0 Å². The Morgan fingerprint density at radius 2 is 0.927 bits per heavy atom. The Morgan fingerprint density at radius 1 is 0.545 bits per heavy atom. The molecule has 0 saturated heterocycles. The number of quaternary nitrogens is 1. The second-order valence-corrected chi connectivity index (χ2v) is 18.2. The monoisotopic (exact) mass is 802 g/mol. The molecule has 0 aliphatic heterocycles. The first kappa shape index (κ1) is 53.8. The quantitative estimate of drug-likeness (QED) is 0.0197.